The standard InChI is InChI=1S/C32H19I5O4S/c33-19-1-5-22(6-2-19)42-29-7-3-20(40-15-17-9-25(34)31(38)26(35)10-17)13-23(29)24-14-21(4-8-30(24)42)41-16-18-11-27(36)32(39)28(37)12-18/h1-14H,15-16H2,(H-,38,39)/p+1. The van der Waals surface area contributed by atoms with E-state index in [0.29, 0.717) is 24.7 Å². The highest BCUT2D eigenvalue weighted by Crippen LogP contribution is 2.50. The Morgan fingerprint density at radius 1 is 0.524 bits per heavy atom. The van der Waals surface area contributed by atoms with Crippen LogP contribution in [0.2, 0.25) is 0 Å². The first kappa shape index (κ1) is 31.2. The zero-order valence-corrected chi connectivity index (χ0v) is 33.1. The van der Waals surface area contributed by atoms with Crippen molar-refractivity contribution in [3.05, 3.63) is 114 Å². The number of phenolic OH excluding ortho intramolecular Hbond substituents is 2. The van der Waals surface area contributed by atoms with Gasteiger partial charge in [-0.15, -0.1) is 0 Å². The second-order valence-corrected chi connectivity index (χ2v) is 17.3. The van der Waals surface area contributed by atoms with Gasteiger partial charge in [-0.1, -0.05) is 0 Å². The van der Waals surface area contributed by atoms with Crippen molar-refractivity contribution in [1.29, 1.82) is 0 Å². The van der Waals surface area contributed by atoms with Crippen LogP contribution in [0.1, 0.15) is 11.1 Å². The topological polar surface area (TPSA) is 58.9 Å². The zero-order chi connectivity index (χ0) is 29.5. The highest BCUT2D eigenvalue weighted by molar-refractivity contribution is 14.1. The molecule has 0 radical (unpaired) electrons. The number of hydrogen-bond donors (Lipinski definition) is 2. The first-order chi connectivity index (χ1) is 20.2. The average molecular weight is 1140 g/mol. The van der Waals surface area contributed by atoms with Gasteiger partial charge in [-0.3, -0.25) is 0 Å². The second kappa shape index (κ2) is 13.3. The molecule has 6 rings (SSSR count). The number of rotatable bonds is 7. The maximum atomic E-state index is 10.1. The molecule has 0 saturated heterocycles. The predicted molar refractivity (Wildman–Crippen MR) is 214 cm³/mol. The quantitative estimate of drug-likeness (QED) is 0.124. The lowest BCUT2D eigenvalue weighted by Crippen LogP contribution is -1.97. The normalized spacial score (nSPS) is 11.4. The predicted octanol–water partition coefficient (Wildman–Crippen LogP) is 11.3. The Labute approximate surface area is 313 Å². The molecule has 0 aliphatic rings. The summed E-state index contributed by atoms with van der Waals surface area (Å²) >= 11 is 10.9. The molecule has 0 saturated carbocycles. The van der Waals surface area contributed by atoms with Crippen molar-refractivity contribution >= 4 is 144 Å². The number of ether oxygens (including phenoxy) is 2. The Balaban J connectivity index is 1.38. The number of halogens is 5. The Morgan fingerprint density at radius 2 is 0.929 bits per heavy atom. The number of hydrogen-bond acceptors (Lipinski definition) is 4. The van der Waals surface area contributed by atoms with E-state index >= 15 is 0 Å². The van der Waals surface area contributed by atoms with E-state index in [0.717, 1.165) is 47.7 Å². The molecule has 6 aromatic rings. The number of aromatic hydroxyl groups is 2. The summed E-state index contributed by atoms with van der Waals surface area (Å²) in [6.45, 7) is 0.822. The lowest BCUT2D eigenvalue weighted by molar-refractivity contribution is 0.306. The zero-order valence-electron chi connectivity index (χ0n) is 21.5. The molecule has 0 fully saturated rings. The summed E-state index contributed by atoms with van der Waals surface area (Å²) < 4.78 is 19.5. The van der Waals surface area contributed by atoms with Gasteiger partial charge in [0.25, 0.3) is 0 Å². The van der Waals surface area contributed by atoms with Crippen molar-refractivity contribution in [2.24, 2.45) is 0 Å². The highest BCUT2D eigenvalue weighted by atomic mass is 127. The van der Waals surface area contributed by atoms with Gasteiger partial charge in [0.1, 0.15) is 36.2 Å². The van der Waals surface area contributed by atoms with Crippen LogP contribution < -0.4 is 9.47 Å². The number of benzene rings is 5. The maximum absolute atomic E-state index is 10.1. The Morgan fingerprint density at radius 3 is 1.33 bits per heavy atom. The molecule has 0 bridgehead atoms. The van der Waals surface area contributed by atoms with Gasteiger partial charge >= 0.3 is 0 Å². The SMILES string of the molecule is Oc1c(I)cc(COc2ccc3c(c2)c2cc(OCc4cc(I)c(O)c(I)c4)ccc2[s+]3-c2ccc(I)cc2)cc1I. The van der Waals surface area contributed by atoms with Crippen LogP contribution >= 0.6 is 123 Å². The minimum absolute atomic E-state index is 0.237. The molecule has 1 aromatic heterocycles. The van der Waals surface area contributed by atoms with Crippen molar-refractivity contribution in [2.45, 2.75) is 13.2 Å². The van der Waals surface area contributed by atoms with Crippen LogP contribution in [0.15, 0.2) is 84.9 Å². The molecule has 10 heteroatoms. The Kier molecular flexibility index (Phi) is 9.84. The summed E-state index contributed by atoms with van der Waals surface area (Å²) in [5, 5.41) is 22.6. The van der Waals surface area contributed by atoms with Crippen molar-refractivity contribution < 1.29 is 19.7 Å². The third-order valence-electron chi connectivity index (χ3n) is 6.65. The molecule has 0 aliphatic carbocycles. The van der Waals surface area contributed by atoms with Crippen LogP contribution in [0.5, 0.6) is 23.0 Å². The van der Waals surface area contributed by atoms with Gasteiger partial charge in [-0.25, -0.2) is 0 Å². The molecule has 0 atom stereocenters. The van der Waals surface area contributed by atoms with E-state index in [1.807, 2.05) is 24.3 Å². The lowest BCUT2D eigenvalue weighted by Gasteiger charge is -2.09. The van der Waals surface area contributed by atoms with Crippen LogP contribution in [0.4, 0.5) is 0 Å². The molecule has 2 N–H and O–H groups in total. The van der Waals surface area contributed by atoms with Gasteiger partial charge in [0.15, 0.2) is 14.3 Å². The number of phenols is 2. The smallest absolute Gasteiger partial charge is 0.188 e. The summed E-state index contributed by atoms with van der Waals surface area (Å²) in [5.74, 6) is 2.21. The molecular formula is C32H20I5O4S+. The van der Waals surface area contributed by atoms with Crippen LogP contribution in [-0.4, -0.2) is 10.2 Å². The molecule has 0 spiro atoms. The summed E-state index contributed by atoms with van der Waals surface area (Å²) in [5.41, 5.74) is 2.02. The first-order valence-corrected chi connectivity index (χ1v) is 19.2. The summed E-state index contributed by atoms with van der Waals surface area (Å²) in [4.78, 5) is 1.28. The van der Waals surface area contributed by atoms with Gasteiger partial charge in [0.2, 0.25) is 0 Å². The molecular weight excluding hydrogens is 1110 g/mol. The summed E-state index contributed by atoms with van der Waals surface area (Å²) in [6, 6.07) is 29.4. The largest absolute Gasteiger partial charge is 0.506 e. The van der Waals surface area contributed by atoms with Crippen LogP contribution in [-0.2, 0) is 13.2 Å². The minimum Gasteiger partial charge on any atom is -0.506 e. The highest BCUT2D eigenvalue weighted by Gasteiger charge is 2.25. The molecule has 1 heterocycles. The molecule has 5 aromatic carbocycles. The maximum Gasteiger partial charge on any atom is 0.188 e. The van der Waals surface area contributed by atoms with Gasteiger partial charge in [0.05, 0.1) is 25.1 Å². The fourth-order valence-electron chi connectivity index (χ4n) is 4.65. The lowest BCUT2D eigenvalue weighted by atomic mass is 10.1. The van der Waals surface area contributed by atoms with E-state index < -0.39 is 0 Å². The number of thiophene rings is 1. The fraction of sp³-hybridized carbons (Fsp3) is 0.0625. The monoisotopic (exact) mass is 1130 g/mol. The average Bonchev–Trinajstić information content (AvgIpc) is 3.29. The molecule has 0 amide bonds. The van der Waals surface area contributed by atoms with Crippen LogP contribution in [0.25, 0.3) is 25.1 Å². The van der Waals surface area contributed by atoms with Crippen molar-refractivity contribution in [3.63, 3.8) is 0 Å². The minimum atomic E-state index is -0.237. The number of fused-ring (bicyclic) bond motifs is 3. The van der Waals surface area contributed by atoms with Gasteiger partial charge in [0, 0.05) is 26.2 Å². The van der Waals surface area contributed by atoms with Crippen molar-refractivity contribution in [1.82, 2.24) is 0 Å². The fourth-order valence-corrected chi connectivity index (χ4v) is 11.1. The summed E-state index contributed by atoms with van der Waals surface area (Å²) in [7, 11) is -0.237. The van der Waals surface area contributed by atoms with Crippen LogP contribution in [0.3, 0.4) is 0 Å². The van der Waals surface area contributed by atoms with E-state index in [1.165, 1.54) is 17.9 Å². The van der Waals surface area contributed by atoms with Crippen LogP contribution in [0, 0.1) is 17.9 Å². The molecule has 42 heavy (non-hydrogen) atoms. The summed E-state index contributed by atoms with van der Waals surface area (Å²) in [6.07, 6.45) is 0. The van der Waals surface area contributed by atoms with Gasteiger partial charge < -0.3 is 19.7 Å². The second-order valence-electron chi connectivity index (χ2n) is 9.47. The Hall–Kier alpha value is -0.830. The molecule has 0 unspecified atom stereocenters. The Bertz CT molecular complexity index is 1810. The van der Waals surface area contributed by atoms with E-state index in [4.69, 9.17) is 9.47 Å². The van der Waals surface area contributed by atoms with E-state index in [1.54, 1.807) is 0 Å². The van der Waals surface area contributed by atoms with Gasteiger partial charge in [-0.05, 0) is 197 Å². The van der Waals surface area contributed by atoms with Crippen molar-refractivity contribution in [3.8, 4) is 27.9 Å². The first-order valence-electron chi connectivity index (χ1n) is 12.6. The van der Waals surface area contributed by atoms with Crippen molar-refractivity contribution in [2.75, 3.05) is 0 Å². The third kappa shape index (κ3) is 6.57. The van der Waals surface area contributed by atoms with E-state index in [2.05, 4.69) is 174 Å². The third-order valence-corrected chi connectivity index (χ3v) is 13.0. The van der Waals surface area contributed by atoms with E-state index in [9.17, 15) is 10.2 Å². The molecule has 4 nitrogen and oxygen atoms in total. The molecule has 212 valence electrons. The van der Waals surface area contributed by atoms with E-state index in [-0.39, 0.29) is 10.5 Å². The molecule has 0 aliphatic heterocycles. The van der Waals surface area contributed by atoms with Gasteiger partial charge in [-0.2, -0.15) is 0 Å².